The van der Waals surface area contributed by atoms with E-state index in [2.05, 4.69) is 19.2 Å². The molecule has 0 amide bonds. The van der Waals surface area contributed by atoms with Gasteiger partial charge in [0, 0.05) is 12.2 Å². The summed E-state index contributed by atoms with van der Waals surface area (Å²) in [6, 6.07) is 6.00. The van der Waals surface area contributed by atoms with E-state index in [1.54, 1.807) is 14.2 Å². The van der Waals surface area contributed by atoms with Crippen molar-refractivity contribution < 1.29 is 14.2 Å². The SMILES string of the molecule is CCCNC(c1cc(OC)ccc1OC)C(CC)OCC. The van der Waals surface area contributed by atoms with Crippen molar-refractivity contribution in [3.05, 3.63) is 23.8 Å². The standard InChI is InChI=1S/C17H29NO3/c1-6-11-18-17(15(7-2)21-8-3)14-12-13(19-4)9-10-16(14)20-5/h9-10,12,15,17-18H,6-8,11H2,1-5H3. The molecular formula is C17H29NO3. The zero-order valence-electron chi connectivity index (χ0n) is 13.9. The van der Waals surface area contributed by atoms with Gasteiger partial charge in [0.15, 0.2) is 0 Å². The van der Waals surface area contributed by atoms with Gasteiger partial charge in [0.25, 0.3) is 0 Å². The van der Waals surface area contributed by atoms with E-state index in [0.29, 0.717) is 6.61 Å². The van der Waals surface area contributed by atoms with Gasteiger partial charge in [-0.15, -0.1) is 0 Å². The van der Waals surface area contributed by atoms with Crippen LogP contribution in [0.4, 0.5) is 0 Å². The van der Waals surface area contributed by atoms with Gasteiger partial charge in [-0.1, -0.05) is 13.8 Å². The van der Waals surface area contributed by atoms with Crippen LogP contribution in [0.1, 0.15) is 45.2 Å². The summed E-state index contributed by atoms with van der Waals surface area (Å²) in [5.74, 6) is 1.70. The molecule has 0 saturated heterocycles. The molecule has 120 valence electrons. The van der Waals surface area contributed by atoms with Gasteiger partial charge in [-0.05, 0) is 44.5 Å². The summed E-state index contributed by atoms with van der Waals surface area (Å²) >= 11 is 0. The molecule has 4 heteroatoms. The number of benzene rings is 1. The second kappa shape index (κ2) is 9.64. The Hall–Kier alpha value is -1.26. The molecule has 2 unspecified atom stereocenters. The van der Waals surface area contributed by atoms with Gasteiger partial charge >= 0.3 is 0 Å². The Labute approximate surface area is 128 Å². The minimum atomic E-state index is 0.0972. The average molecular weight is 295 g/mol. The van der Waals surface area contributed by atoms with Gasteiger partial charge in [-0.25, -0.2) is 0 Å². The lowest BCUT2D eigenvalue weighted by Gasteiger charge is -2.29. The van der Waals surface area contributed by atoms with Crippen LogP contribution in [0.25, 0.3) is 0 Å². The molecule has 2 atom stereocenters. The molecule has 0 fully saturated rings. The zero-order chi connectivity index (χ0) is 15.7. The molecule has 1 aromatic carbocycles. The van der Waals surface area contributed by atoms with E-state index < -0.39 is 0 Å². The quantitative estimate of drug-likeness (QED) is 0.716. The Morgan fingerprint density at radius 2 is 1.86 bits per heavy atom. The number of ether oxygens (including phenoxy) is 3. The number of hydrogen-bond acceptors (Lipinski definition) is 4. The lowest BCUT2D eigenvalue weighted by molar-refractivity contribution is 0.0308. The van der Waals surface area contributed by atoms with Crippen LogP contribution in [0.3, 0.4) is 0 Å². The first-order valence-electron chi connectivity index (χ1n) is 7.78. The molecule has 0 bridgehead atoms. The van der Waals surface area contributed by atoms with Crippen LogP contribution < -0.4 is 14.8 Å². The van der Waals surface area contributed by atoms with Crippen LogP contribution in [-0.2, 0) is 4.74 Å². The highest BCUT2D eigenvalue weighted by molar-refractivity contribution is 5.42. The van der Waals surface area contributed by atoms with Crippen LogP contribution >= 0.6 is 0 Å². The third kappa shape index (κ3) is 4.90. The first-order chi connectivity index (χ1) is 10.2. The number of methoxy groups -OCH3 is 2. The predicted molar refractivity (Wildman–Crippen MR) is 86.3 cm³/mol. The highest BCUT2D eigenvalue weighted by Gasteiger charge is 2.25. The van der Waals surface area contributed by atoms with Crippen LogP contribution in [0.15, 0.2) is 18.2 Å². The predicted octanol–water partition coefficient (Wildman–Crippen LogP) is 3.56. The molecule has 0 saturated carbocycles. The summed E-state index contributed by atoms with van der Waals surface area (Å²) < 4.78 is 16.8. The highest BCUT2D eigenvalue weighted by atomic mass is 16.5. The lowest BCUT2D eigenvalue weighted by Crippen LogP contribution is -2.34. The Morgan fingerprint density at radius 3 is 2.38 bits per heavy atom. The Morgan fingerprint density at radius 1 is 1.10 bits per heavy atom. The van der Waals surface area contributed by atoms with E-state index in [1.165, 1.54) is 0 Å². The number of rotatable bonds is 10. The van der Waals surface area contributed by atoms with Gasteiger partial charge < -0.3 is 19.5 Å². The maximum Gasteiger partial charge on any atom is 0.124 e. The van der Waals surface area contributed by atoms with Crippen LogP contribution in [0, 0.1) is 0 Å². The topological polar surface area (TPSA) is 39.7 Å². The number of nitrogens with one attached hydrogen (secondary N) is 1. The fraction of sp³-hybridized carbons (Fsp3) is 0.647. The molecule has 1 N–H and O–H groups in total. The Kier molecular flexibility index (Phi) is 8.16. The highest BCUT2D eigenvalue weighted by Crippen LogP contribution is 2.33. The largest absolute Gasteiger partial charge is 0.497 e. The third-order valence-corrected chi connectivity index (χ3v) is 3.54. The van der Waals surface area contributed by atoms with E-state index in [4.69, 9.17) is 14.2 Å². The van der Waals surface area contributed by atoms with E-state index in [1.807, 2.05) is 25.1 Å². The minimum absolute atomic E-state index is 0.0972. The first-order valence-corrected chi connectivity index (χ1v) is 7.78. The fourth-order valence-electron chi connectivity index (χ4n) is 2.49. The second-order valence-electron chi connectivity index (χ2n) is 4.94. The van der Waals surface area contributed by atoms with Gasteiger partial charge in [-0.2, -0.15) is 0 Å². The normalized spacial score (nSPS) is 13.8. The molecule has 1 rings (SSSR count). The fourth-order valence-corrected chi connectivity index (χ4v) is 2.49. The lowest BCUT2D eigenvalue weighted by atomic mass is 9.97. The van der Waals surface area contributed by atoms with E-state index in [-0.39, 0.29) is 12.1 Å². The minimum Gasteiger partial charge on any atom is -0.497 e. The molecule has 0 heterocycles. The van der Waals surface area contributed by atoms with Crippen LogP contribution in [0.2, 0.25) is 0 Å². The van der Waals surface area contributed by atoms with Crippen molar-refractivity contribution in [2.24, 2.45) is 0 Å². The monoisotopic (exact) mass is 295 g/mol. The molecule has 0 spiro atoms. The molecule has 21 heavy (non-hydrogen) atoms. The molecule has 4 nitrogen and oxygen atoms in total. The molecule has 0 aliphatic carbocycles. The van der Waals surface area contributed by atoms with Gasteiger partial charge in [0.1, 0.15) is 11.5 Å². The van der Waals surface area contributed by atoms with Gasteiger partial charge in [0.2, 0.25) is 0 Å². The van der Waals surface area contributed by atoms with Crippen molar-refractivity contribution >= 4 is 0 Å². The molecule has 0 aliphatic heterocycles. The molecule has 0 aromatic heterocycles. The van der Waals surface area contributed by atoms with Crippen molar-refractivity contribution in [1.82, 2.24) is 5.32 Å². The van der Waals surface area contributed by atoms with Gasteiger partial charge in [-0.3, -0.25) is 0 Å². The van der Waals surface area contributed by atoms with Gasteiger partial charge in [0.05, 0.1) is 26.4 Å². The summed E-state index contributed by atoms with van der Waals surface area (Å²) in [6.07, 6.45) is 2.13. The van der Waals surface area contributed by atoms with E-state index in [9.17, 15) is 0 Å². The summed E-state index contributed by atoms with van der Waals surface area (Å²) in [6.45, 7) is 7.98. The summed E-state index contributed by atoms with van der Waals surface area (Å²) in [5.41, 5.74) is 1.09. The maximum atomic E-state index is 5.92. The molecule has 1 aromatic rings. The van der Waals surface area contributed by atoms with Crippen LogP contribution in [0.5, 0.6) is 11.5 Å². The zero-order valence-corrected chi connectivity index (χ0v) is 13.9. The summed E-state index contributed by atoms with van der Waals surface area (Å²) in [4.78, 5) is 0. The molecule has 0 aliphatic rings. The summed E-state index contributed by atoms with van der Waals surface area (Å²) in [5, 5.41) is 3.59. The summed E-state index contributed by atoms with van der Waals surface area (Å²) in [7, 11) is 3.38. The third-order valence-electron chi connectivity index (χ3n) is 3.54. The Bertz CT molecular complexity index is 409. The van der Waals surface area contributed by atoms with Crippen molar-refractivity contribution in [3.8, 4) is 11.5 Å². The van der Waals surface area contributed by atoms with Crippen LogP contribution in [-0.4, -0.2) is 33.5 Å². The smallest absolute Gasteiger partial charge is 0.124 e. The maximum absolute atomic E-state index is 5.92. The van der Waals surface area contributed by atoms with Crippen molar-refractivity contribution in [2.75, 3.05) is 27.4 Å². The average Bonchev–Trinajstić information content (AvgIpc) is 2.53. The van der Waals surface area contributed by atoms with Crippen molar-refractivity contribution in [3.63, 3.8) is 0 Å². The Balaban J connectivity index is 3.15. The first kappa shape index (κ1) is 17.8. The van der Waals surface area contributed by atoms with E-state index >= 15 is 0 Å². The van der Waals surface area contributed by atoms with Crippen molar-refractivity contribution in [2.45, 2.75) is 45.8 Å². The number of hydrogen-bond donors (Lipinski definition) is 1. The second-order valence-corrected chi connectivity index (χ2v) is 4.94. The molecule has 0 radical (unpaired) electrons. The molecular weight excluding hydrogens is 266 g/mol. The van der Waals surface area contributed by atoms with Crippen molar-refractivity contribution in [1.29, 1.82) is 0 Å². The van der Waals surface area contributed by atoms with E-state index in [0.717, 1.165) is 36.4 Å².